The SMILES string of the molecule is CNC(=O)N(O)C1N(NC(=O)Nc2ccc(Cl)c(Cl)c2)C(=S)SC1(C)C. The van der Waals surface area contributed by atoms with E-state index in [1.54, 1.807) is 26.0 Å². The first-order chi connectivity index (χ1) is 12.1. The minimum absolute atomic E-state index is 0.289. The van der Waals surface area contributed by atoms with Crippen LogP contribution in [0.15, 0.2) is 18.2 Å². The Morgan fingerprint density at radius 3 is 2.58 bits per heavy atom. The van der Waals surface area contributed by atoms with Crippen molar-refractivity contribution in [2.75, 3.05) is 12.4 Å². The number of amides is 4. The Balaban J connectivity index is 2.16. The number of hydrogen-bond acceptors (Lipinski definition) is 5. The van der Waals surface area contributed by atoms with Gasteiger partial charge in [-0.15, -0.1) is 0 Å². The van der Waals surface area contributed by atoms with Gasteiger partial charge in [0.1, 0.15) is 0 Å². The number of carbonyl (C=O) groups excluding carboxylic acids is 2. The van der Waals surface area contributed by atoms with Gasteiger partial charge in [0.15, 0.2) is 10.5 Å². The van der Waals surface area contributed by atoms with E-state index in [1.807, 2.05) is 0 Å². The van der Waals surface area contributed by atoms with E-state index in [0.29, 0.717) is 20.1 Å². The number of urea groups is 2. The molecule has 12 heteroatoms. The fourth-order valence-corrected chi connectivity index (χ4v) is 4.41. The smallest absolute Gasteiger partial charge is 0.339 e. The summed E-state index contributed by atoms with van der Waals surface area (Å²) in [4.78, 5) is 24.1. The Hall–Kier alpha value is -1.46. The van der Waals surface area contributed by atoms with Gasteiger partial charge >= 0.3 is 12.1 Å². The number of thioether (sulfide) groups is 1. The lowest BCUT2D eigenvalue weighted by Crippen LogP contribution is -2.61. The van der Waals surface area contributed by atoms with E-state index >= 15 is 0 Å². The Morgan fingerprint density at radius 1 is 1.35 bits per heavy atom. The number of nitrogens with one attached hydrogen (secondary N) is 3. The van der Waals surface area contributed by atoms with Gasteiger partial charge in [-0.05, 0) is 32.0 Å². The topological polar surface area (TPSA) is 96.9 Å². The summed E-state index contributed by atoms with van der Waals surface area (Å²) in [5, 5.41) is 17.5. The highest BCUT2D eigenvalue weighted by molar-refractivity contribution is 8.24. The Kier molecular flexibility index (Phi) is 6.46. The second-order valence-corrected chi connectivity index (χ2v) is 8.91. The maximum atomic E-state index is 12.3. The lowest BCUT2D eigenvalue weighted by Gasteiger charge is -2.36. The second-order valence-electron chi connectivity index (χ2n) is 5.81. The summed E-state index contributed by atoms with van der Waals surface area (Å²) in [6.07, 6.45) is -0.917. The van der Waals surface area contributed by atoms with Gasteiger partial charge in [-0.2, -0.15) is 5.06 Å². The fourth-order valence-electron chi connectivity index (χ4n) is 2.32. The molecule has 0 aromatic heterocycles. The zero-order chi connectivity index (χ0) is 19.6. The summed E-state index contributed by atoms with van der Waals surface area (Å²) in [5.74, 6) is 0. The molecule has 0 radical (unpaired) electrons. The molecule has 1 aliphatic heterocycles. The first-order valence-corrected chi connectivity index (χ1v) is 9.29. The van der Waals surface area contributed by atoms with Gasteiger partial charge in [0.2, 0.25) is 0 Å². The Bertz CT molecular complexity index is 749. The van der Waals surface area contributed by atoms with Crippen molar-refractivity contribution >= 4 is 69.3 Å². The highest BCUT2D eigenvalue weighted by Crippen LogP contribution is 2.41. The maximum Gasteiger partial charge on any atom is 0.343 e. The average molecular weight is 438 g/mol. The van der Waals surface area contributed by atoms with Gasteiger partial charge in [0.25, 0.3) is 0 Å². The predicted octanol–water partition coefficient (Wildman–Crippen LogP) is 3.50. The van der Waals surface area contributed by atoms with E-state index in [1.165, 1.54) is 29.9 Å². The third-order valence-electron chi connectivity index (χ3n) is 3.47. The number of anilines is 1. The van der Waals surface area contributed by atoms with Gasteiger partial charge in [-0.25, -0.2) is 20.0 Å². The molecule has 1 fully saturated rings. The standard InChI is InChI=1S/C14H17Cl2N5O3S2/c1-14(2)10(21(24)12(23)17-3)20(13(25)26-14)19-11(22)18-7-4-5-8(15)9(16)6-7/h4-6,10,24H,1-3H3,(H,17,23)(H2,18,19,22). The Labute approximate surface area is 170 Å². The van der Waals surface area contributed by atoms with Crippen LogP contribution in [0.4, 0.5) is 15.3 Å². The van der Waals surface area contributed by atoms with E-state index in [0.717, 1.165) is 0 Å². The van der Waals surface area contributed by atoms with Crippen LogP contribution in [0.5, 0.6) is 0 Å². The van der Waals surface area contributed by atoms with E-state index in [2.05, 4.69) is 16.1 Å². The summed E-state index contributed by atoms with van der Waals surface area (Å²) in [6, 6.07) is 3.26. The molecule has 142 valence electrons. The van der Waals surface area contributed by atoms with Crippen molar-refractivity contribution < 1.29 is 14.8 Å². The van der Waals surface area contributed by atoms with Crippen molar-refractivity contribution in [3.63, 3.8) is 0 Å². The number of hydroxylamine groups is 2. The van der Waals surface area contributed by atoms with Crippen LogP contribution in [0.2, 0.25) is 10.0 Å². The third kappa shape index (κ3) is 4.44. The molecular weight excluding hydrogens is 421 g/mol. The molecule has 26 heavy (non-hydrogen) atoms. The highest BCUT2D eigenvalue weighted by Gasteiger charge is 2.50. The molecule has 1 aromatic rings. The number of hydrogen-bond donors (Lipinski definition) is 4. The maximum absolute atomic E-state index is 12.3. The van der Waals surface area contributed by atoms with Crippen LogP contribution in [0, 0.1) is 0 Å². The minimum Gasteiger partial charge on any atom is -0.339 e. The summed E-state index contributed by atoms with van der Waals surface area (Å²) in [5.41, 5.74) is 2.95. The van der Waals surface area contributed by atoms with Crippen LogP contribution in [-0.2, 0) is 0 Å². The minimum atomic E-state index is -0.917. The molecule has 2 rings (SSSR count). The van der Waals surface area contributed by atoms with Crippen molar-refractivity contribution in [3.05, 3.63) is 28.2 Å². The lowest BCUT2D eigenvalue weighted by molar-refractivity contribution is -0.123. The van der Waals surface area contributed by atoms with Crippen molar-refractivity contribution in [2.45, 2.75) is 24.8 Å². The van der Waals surface area contributed by atoms with Gasteiger partial charge in [-0.1, -0.05) is 47.2 Å². The van der Waals surface area contributed by atoms with Crippen molar-refractivity contribution in [1.29, 1.82) is 0 Å². The third-order valence-corrected chi connectivity index (χ3v) is 5.76. The average Bonchev–Trinajstić information content (AvgIpc) is 2.77. The summed E-state index contributed by atoms with van der Waals surface area (Å²) < 4.78 is -0.373. The van der Waals surface area contributed by atoms with E-state index in [9.17, 15) is 14.8 Å². The number of rotatable bonds is 3. The molecule has 4 N–H and O–H groups in total. The molecule has 4 amide bonds. The van der Waals surface area contributed by atoms with Crippen LogP contribution in [0.3, 0.4) is 0 Å². The summed E-state index contributed by atoms with van der Waals surface area (Å²) >= 11 is 18.3. The zero-order valence-corrected chi connectivity index (χ0v) is 17.2. The molecule has 1 heterocycles. The summed E-state index contributed by atoms with van der Waals surface area (Å²) in [7, 11) is 1.38. The zero-order valence-electron chi connectivity index (χ0n) is 14.0. The van der Waals surface area contributed by atoms with Crippen LogP contribution in [-0.4, -0.2) is 49.6 Å². The number of halogens is 2. The number of thiocarbonyl (C=S) groups is 1. The predicted molar refractivity (Wildman–Crippen MR) is 107 cm³/mol. The lowest BCUT2D eigenvalue weighted by atomic mass is 10.1. The summed E-state index contributed by atoms with van der Waals surface area (Å²) in [6.45, 7) is 3.58. The quantitative estimate of drug-likeness (QED) is 0.328. The van der Waals surface area contributed by atoms with Gasteiger partial charge in [0.05, 0.1) is 14.8 Å². The van der Waals surface area contributed by atoms with Crippen molar-refractivity contribution in [2.24, 2.45) is 0 Å². The van der Waals surface area contributed by atoms with Crippen LogP contribution in [0.25, 0.3) is 0 Å². The molecule has 0 saturated carbocycles. The molecule has 0 aliphatic carbocycles. The van der Waals surface area contributed by atoms with Gasteiger partial charge < -0.3 is 10.6 Å². The van der Waals surface area contributed by atoms with Crippen molar-refractivity contribution in [3.8, 4) is 0 Å². The molecule has 1 unspecified atom stereocenters. The molecular formula is C14H17Cl2N5O3S2. The van der Waals surface area contributed by atoms with Crippen LogP contribution >= 0.6 is 47.2 Å². The second kappa shape index (κ2) is 8.05. The van der Waals surface area contributed by atoms with Crippen LogP contribution in [0.1, 0.15) is 13.8 Å². The van der Waals surface area contributed by atoms with Gasteiger partial charge in [-0.3, -0.25) is 5.21 Å². The van der Waals surface area contributed by atoms with Crippen molar-refractivity contribution in [1.82, 2.24) is 20.8 Å². The normalized spacial score (nSPS) is 18.5. The number of nitrogens with zero attached hydrogens (tertiary/aromatic N) is 2. The largest absolute Gasteiger partial charge is 0.343 e. The molecule has 0 spiro atoms. The Morgan fingerprint density at radius 2 is 2.00 bits per heavy atom. The first kappa shape index (κ1) is 20.8. The van der Waals surface area contributed by atoms with E-state index in [4.69, 9.17) is 35.4 Å². The van der Waals surface area contributed by atoms with E-state index < -0.39 is 23.0 Å². The number of carbonyl (C=O) groups is 2. The fraction of sp³-hybridized carbons (Fsp3) is 0.357. The monoisotopic (exact) mass is 437 g/mol. The molecule has 1 atom stereocenters. The molecule has 1 saturated heterocycles. The molecule has 8 nitrogen and oxygen atoms in total. The molecule has 1 aromatic carbocycles. The number of benzene rings is 1. The molecule has 0 bridgehead atoms. The van der Waals surface area contributed by atoms with Crippen LogP contribution < -0.4 is 16.1 Å². The highest BCUT2D eigenvalue weighted by atomic mass is 35.5. The number of hydrazine groups is 1. The van der Waals surface area contributed by atoms with E-state index in [-0.39, 0.29) is 5.02 Å². The first-order valence-electron chi connectivity index (χ1n) is 7.31. The molecule has 1 aliphatic rings. The van der Waals surface area contributed by atoms with Gasteiger partial charge in [0, 0.05) is 12.7 Å².